The third-order valence-electron chi connectivity index (χ3n) is 3.76. The van der Waals surface area contributed by atoms with E-state index in [4.69, 9.17) is 10.2 Å². The fourth-order valence-electron chi connectivity index (χ4n) is 1.51. The van der Waals surface area contributed by atoms with E-state index in [-0.39, 0.29) is 50.1 Å². The van der Waals surface area contributed by atoms with Crippen LogP contribution in [0.1, 0.15) is 27.7 Å². The number of hydrogen-bond acceptors (Lipinski definition) is 2. The molecule has 0 saturated heterocycles. The Morgan fingerprint density at radius 1 is 0.511 bits per heavy atom. The zero-order valence-corrected chi connectivity index (χ0v) is 24.4. The molecule has 2 nitrogen and oxygen atoms in total. The smallest absolute Gasteiger partial charge is 0.395 e. The second kappa shape index (κ2) is 20.0. The Labute approximate surface area is 269 Å². The van der Waals surface area contributed by atoms with Crippen LogP contribution in [0.15, 0.2) is 25.3 Å². The van der Waals surface area contributed by atoms with Gasteiger partial charge >= 0.3 is 46.4 Å². The maximum atomic E-state index is 12.9. The van der Waals surface area contributed by atoms with Crippen LogP contribution in [0.2, 0.25) is 0 Å². The van der Waals surface area contributed by atoms with E-state index in [0.29, 0.717) is 0 Å². The van der Waals surface area contributed by atoms with Gasteiger partial charge in [0.25, 0.3) is 5.67 Å². The molecule has 0 heterocycles. The summed E-state index contributed by atoms with van der Waals surface area (Å²) in [4.78, 5) is 0. The summed E-state index contributed by atoms with van der Waals surface area (Å²) in [7, 11) is 0. The van der Waals surface area contributed by atoms with Crippen molar-refractivity contribution in [3.8, 4) is 0 Å². The SMILES string of the molecule is C.C.C=CCC(F)(C(F)(F)F)C(F)(F)F.C=CCO.FC(F)(F)C(F)(I)C(F)(F)F.OCC(I)CC(F)(C(F)(F)F)C(F)(F)F. The summed E-state index contributed by atoms with van der Waals surface area (Å²) in [6.07, 6.45) is -37.9. The normalized spacial score (nSPS) is 14.0. The third kappa shape index (κ3) is 17.4. The minimum atomic E-state index is -6.04. The zero-order chi connectivity index (χ0) is 36.3. The molecular formula is C20H25F21I2O2. The van der Waals surface area contributed by atoms with Crippen LogP contribution in [-0.2, 0) is 0 Å². The summed E-state index contributed by atoms with van der Waals surface area (Å²) in [5.74, 6) is 0. The highest BCUT2D eigenvalue weighted by Gasteiger charge is 2.73. The largest absolute Gasteiger partial charge is 0.441 e. The minimum absolute atomic E-state index is 0. The fraction of sp³-hybridized carbons (Fsp3) is 0.800. The van der Waals surface area contributed by atoms with E-state index in [9.17, 15) is 92.2 Å². The van der Waals surface area contributed by atoms with Gasteiger partial charge in [0.2, 0.25) is 0 Å². The first kappa shape index (κ1) is 56.7. The van der Waals surface area contributed by atoms with Gasteiger partial charge in [0.05, 0.1) is 13.2 Å². The molecule has 0 rings (SSSR count). The minimum Gasteiger partial charge on any atom is -0.395 e. The summed E-state index contributed by atoms with van der Waals surface area (Å²) in [5.41, 5.74) is -10.5. The Balaban J connectivity index is -0.000000118. The molecule has 0 aliphatic carbocycles. The lowest BCUT2D eigenvalue weighted by Crippen LogP contribution is -2.54. The zero-order valence-electron chi connectivity index (χ0n) is 20.1. The molecule has 0 saturated carbocycles. The van der Waals surface area contributed by atoms with Crippen molar-refractivity contribution in [2.45, 2.75) is 83.7 Å². The lowest BCUT2D eigenvalue weighted by atomic mass is 9.98. The Hall–Kier alpha value is -0.610. The molecule has 0 aliphatic heterocycles. The number of alkyl halides is 23. The van der Waals surface area contributed by atoms with E-state index in [0.717, 1.165) is 22.6 Å². The Bertz CT molecular complexity index is 764. The van der Waals surface area contributed by atoms with Gasteiger partial charge < -0.3 is 10.2 Å². The van der Waals surface area contributed by atoms with E-state index in [1.165, 1.54) is 6.08 Å². The van der Waals surface area contributed by atoms with Gasteiger partial charge in [-0.05, 0) is 22.6 Å². The van der Waals surface area contributed by atoms with Crippen LogP contribution in [0.5, 0.6) is 0 Å². The number of hydrogen-bond donors (Lipinski definition) is 2. The maximum absolute atomic E-state index is 12.9. The van der Waals surface area contributed by atoms with Crippen molar-refractivity contribution in [2.24, 2.45) is 0 Å². The average Bonchev–Trinajstić information content (AvgIpc) is 2.75. The van der Waals surface area contributed by atoms with Gasteiger partial charge in [-0.15, -0.1) is 13.2 Å². The quantitative estimate of drug-likeness (QED) is 0.121. The van der Waals surface area contributed by atoms with E-state index in [1.54, 1.807) is 0 Å². The second-order valence-electron chi connectivity index (χ2n) is 7.11. The Kier molecular flexibility index (Phi) is 25.2. The molecule has 45 heavy (non-hydrogen) atoms. The predicted octanol–water partition coefficient (Wildman–Crippen LogP) is 11.0. The summed E-state index contributed by atoms with van der Waals surface area (Å²) < 4.78 is 239. The Morgan fingerprint density at radius 2 is 0.756 bits per heavy atom. The number of halogens is 23. The molecule has 0 aliphatic rings. The van der Waals surface area contributed by atoms with Gasteiger partial charge in [0.15, 0.2) is 0 Å². The van der Waals surface area contributed by atoms with Crippen molar-refractivity contribution in [1.29, 1.82) is 0 Å². The van der Waals surface area contributed by atoms with E-state index in [2.05, 4.69) is 13.2 Å². The van der Waals surface area contributed by atoms with Crippen LogP contribution in [0, 0.1) is 0 Å². The van der Waals surface area contributed by atoms with Crippen LogP contribution >= 0.6 is 45.2 Å². The van der Waals surface area contributed by atoms with Gasteiger partial charge in [0.1, 0.15) is 0 Å². The van der Waals surface area contributed by atoms with Crippen LogP contribution < -0.4 is 0 Å². The predicted molar refractivity (Wildman–Crippen MR) is 137 cm³/mol. The van der Waals surface area contributed by atoms with Crippen molar-refractivity contribution in [3.63, 3.8) is 0 Å². The molecule has 0 bridgehead atoms. The lowest BCUT2D eigenvalue weighted by Gasteiger charge is -2.31. The molecule has 0 aromatic carbocycles. The number of allylic oxidation sites excluding steroid dienone is 1. The monoisotopic (exact) mass is 950 g/mol. The fourth-order valence-corrected chi connectivity index (χ4v) is 2.12. The van der Waals surface area contributed by atoms with Crippen molar-refractivity contribution < 1.29 is 102 Å². The highest BCUT2D eigenvalue weighted by molar-refractivity contribution is 14.1. The summed E-state index contributed by atoms with van der Waals surface area (Å²) >= 11 is 0.793. The maximum Gasteiger partial charge on any atom is 0.441 e. The molecule has 1 unspecified atom stereocenters. The molecule has 0 fully saturated rings. The van der Waals surface area contributed by atoms with Crippen LogP contribution in [-0.4, -0.2) is 79.4 Å². The summed E-state index contributed by atoms with van der Waals surface area (Å²) in [6.45, 7) is 4.99. The van der Waals surface area contributed by atoms with Gasteiger partial charge in [-0.1, -0.05) is 49.6 Å². The average molecular weight is 950 g/mol. The van der Waals surface area contributed by atoms with Crippen LogP contribution in [0.4, 0.5) is 92.2 Å². The highest BCUT2D eigenvalue weighted by atomic mass is 127. The molecule has 25 heteroatoms. The first-order chi connectivity index (χ1) is 18.4. The van der Waals surface area contributed by atoms with E-state index >= 15 is 0 Å². The van der Waals surface area contributed by atoms with Crippen molar-refractivity contribution in [2.75, 3.05) is 13.2 Å². The summed E-state index contributed by atoms with van der Waals surface area (Å²) in [5, 5.41) is 16.1. The molecule has 1 atom stereocenters. The first-order valence-corrected chi connectivity index (χ1v) is 12.0. The van der Waals surface area contributed by atoms with Crippen LogP contribution in [0.25, 0.3) is 0 Å². The van der Waals surface area contributed by atoms with Crippen molar-refractivity contribution >= 4 is 45.2 Å². The van der Waals surface area contributed by atoms with E-state index < -0.39 is 75.4 Å². The molecule has 0 aromatic heterocycles. The molecule has 0 aromatic rings. The number of aliphatic hydroxyl groups excluding tert-OH is 2. The molecule has 0 spiro atoms. The second-order valence-corrected chi connectivity index (χ2v) is 10.4. The summed E-state index contributed by atoms with van der Waals surface area (Å²) in [6, 6.07) is 0. The highest BCUT2D eigenvalue weighted by Crippen LogP contribution is 2.51. The van der Waals surface area contributed by atoms with Gasteiger partial charge in [0, 0.05) is 16.8 Å². The molecular weight excluding hydrogens is 925 g/mol. The molecule has 278 valence electrons. The number of rotatable bonds is 6. The van der Waals surface area contributed by atoms with Gasteiger partial charge in [-0.25, -0.2) is 13.2 Å². The van der Waals surface area contributed by atoms with Gasteiger partial charge in [-0.3, -0.25) is 0 Å². The Morgan fingerprint density at radius 3 is 0.844 bits per heavy atom. The number of aliphatic hydroxyl groups is 2. The topological polar surface area (TPSA) is 40.5 Å². The van der Waals surface area contributed by atoms with Crippen molar-refractivity contribution in [1.82, 2.24) is 0 Å². The third-order valence-corrected chi connectivity index (χ3v) is 5.82. The molecule has 0 amide bonds. The molecule has 2 N–H and O–H groups in total. The van der Waals surface area contributed by atoms with E-state index in [1.807, 2.05) is 0 Å². The van der Waals surface area contributed by atoms with Gasteiger partial charge in [-0.2, -0.15) is 79.0 Å². The lowest BCUT2D eigenvalue weighted by molar-refractivity contribution is -0.343. The molecule has 0 radical (unpaired) electrons. The van der Waals surface area contributed by atoms with Crippen LogP contribution in [0.3, 0.4) is 0 Å². The first-order valence-electron chi connectivity index (χ1n) is 9.66. The standard InChI is InChI=1S/C6H6F7IO.C6H5F7.C3F7I.C3H6O.2CH4/c7-4(5(8,9)10,6(11,12)13)1-3(14)2-15;1-2-3-4(7,5(8,9)10)6(11,12)13;4-1(11,2(5,6)7)3(8,9)10;1-2-3-4;;/h3,15H,1-2H2;2H,1,3H2;;2,4H,1,3H2;2*1H4. The van der Waals surface area contributed by atoms with Crippen molar-refractivity contribution in [3.05, 3.63) is 25.3 Å².